The monoisotopic (exact) mass is 218 g/mol. The summed E-state index contributed by atoms with van der Waals surface area (Å²) in [6.07, 6.45) is 1.25. The van der Waals surface area contributed by atoms with Crippen molar-refractivity contribution in [1.82, 2.24) is 31.9 Å². The zero-order valence-electron chi connectivity index (χ0n) is 10.2. The number of hydrogen-bond acceptors (Lipinski definition) is 6. The fourth-order valence-electron chi connectivity index (χ4n) is 2.23. The third-order valence-electron chi connectivity index (χ3n) is 2.40. The molecule has 0 aromatic carbocycles. The molecule has 92 valence electrons. The molecule has 6 heteroatoms. The molecule has 4 bridgehead atoms. The van der Waals surface area contributed by atoms with Crippen molar-refractivity contribution in [3.8, 4) is 0 Å². The molecule has 0 aromatic rings. The van der Waals surface area contributed by atoms with Crippen LogP contribution in [0.3, 0.4) is 0 Å². The van der Waals surface area contributed by atoms with Crippen LogP contribution in [0.2, 0.25) is 0 Å². The lowest BCUT2D eigenvalue weighted by molar-refractivity contribution is -0.194. The molecule has 0 saturated carbocycles. The van der Waals surface area contributed by atoms with Crippen molar-refractivity contribution in [2.45, 2.75) is 20.3 Å². The van der Waals surface area contributed by atoms with Crippen molar-refractivity contribution < 1.29 is 0 Å². The van der Waals surface area contributed by atoms with Gasteiger partial charge in [0.15, 0.2) is 0 Å². The summed E-state index contributed by atoms with van der Waals surface area (Å²) in [5.74, 6) is 0. The molecule has 0 atom stereocenters. The van der Waals surface area contributed by atoms with Gasteiger partial charge in [-0.3, -0.25) is 19.6 Å². The highest BCUT2D eigenvalue weighted by atomic mass is 15.7. The second-order valence-corrected chi connectivity index (χ2v) is 4.24. The van der Waals surface area contributed by atoms with Gasteiger partial charge in [-0.1, -0.05) is 20.3 Å². The minimum atomic E-state index is 0. The van der Waals surface area contributed by atoms with E-state index < -0.39 is 0 Å². The SMILES string of the molecule is C1N2CN3CN1CN(C2)C3.CCC.N.N. The van der Waals surface area contributed by atoms with Gasteiger partial charge in [-0.05, 0) is 0 Å². The number of rotatable bonds is 0. The summed E-state index contributed by atoms with van der Waals surface area (Å²) < 4.78 is 0. The fraction of sp³-hybridized carbons (Fsp3) is 1.00. The van der Waals surface area contributed by atoms with Crippen LogP contribution in [0.15, 0.2) is 0 Å². The Hall–Kier alpha value is -0.240. The first-order valence-electron chi connectivity index (χ1n) is 5.21. The van der Waals surface area contributed by atoms with Crippen LogP contribution in [0.4, 0.5) is 0 Å². The predicted molar refractivity (Wildman–Crippen MR) is 62.6 cm³/mol. The molecule has 4 rings (SSSR count). The van der Waals surface area contributed by atoms with Crippen molar-refractivity contribution in [3.05, 3.63) is 0 Å². The maximum Gasteiger partial charge on any atom is 0.0555 e. The minimum Gasteiger partial charge on any atom is -0.344 e. The van der Waals surface area contributed by atoms with E-state index in [9.17, 15) is 0 Å². The van der Waals surface area contributed by atoms with Gasteiger partial charge in [0.2, 0.25) is 0 Å². The van der Waals surface area contributed by atoms with E-state index in [1.54, 1.807) is 0 Å². The Morgan fingerprint density at radius 1 is 0.600 bits per heavy atom. The smallest absolute Gasteiger partial charge is 0.0555 e. The van der Waals surface area contributed by atoms with E-state index in [2.05, 4.69) is 33.4 Å². The maximum atomic E-state index is 2.47. The lowest BCUT2D eigenvalue weighted by atomic mass is 10.4. The Labute approximate surface area is 93.0 Å². The van der Waals surface area contributed by atoms with E-state index in [-0.39, 0.29) is 12.3 Å². The molecule has 0 spiro atoms. The Kier molecular flexibility index (Phi) is 6.26. The zero-order chi connectivity index (χ0) is 9.26. The minimum absolute atomic E-state index is 0. The largest absolute Gasteiger partial charge is 0.344 e. The second-order valence-electron chi connectivity index (χ2n) is 4.24. The van der Waals surface area contributed by atoms with Gasteiger partial charge in [0, 0.05) is 0 Å². The summed E-state index contributed by atoms with van der Waals surface area (Å²) >= 11 is 0. The van der Waals surface area contributed by atoms with Crippen molar-refractivity contribution in [3.63, 3.8) is 0 Å². The molecule has 4 heterocycles. The topological polar surface area (TPSA) is 83.0 Å². The number of hydrogen-bond donors (Lipinski definition) is 2. The molecule has 0 radical (unpaired) electrons. The van der Waals surface area contributed by atoms with Crippen LogP contribution < -0.4 is 12.3 Å². The standard InChI is InChI=1S/C6H12N4.C3H8.2H3N/c1-7-2-9-4-8(1)5-10(3-7)6-9;1-3-2;;/h1-6H2;3H2,1-2H3;2*1H3. The summed E-state index contributed by atoms with van der Waals surface area (Å²) in [5, 5.41) is 0. The molecule has 4 fully saturated rings. The Balaban J connectivity index is 0.000000359. The molecule has 4 aliphatic heterocycles. The molecule has 0 aromatic heterocycles. The van der Waals surface area contributed by atoms with E-state index >= 15 is 0 Å². The van der Waals surface area contributed by atoms with Gasteiger partial charge in [-0.15, -0.1) is 0 Å². The van der Waals surface area contributed by atoms with Gasteiger partial charge >= 0.3 is 0 Å². The highest BCUT2D eigenvalue weighted by molar-refractivity contribution is 4.79. The van der Waals surface area contributed by atoms with Crippen LogP contribution in [0.5, 0.6) is 0 Å². The quantitative estimate of drug-likeness (QED) is 0.623. The normalized spacial score (nSPS) is 39.6. The average molecular weight is 218 g/mol. The molecular weight excluding hydrogens is 192 g/mol. The maximum absolute atomic E-state index is 2.47. The van der Waals surface area contributed by atoms with Crippen molar-refractivity contribution in [2.75, 3.05) is 40.0 Å². The molecule has 0 aliphatic carbocycles. The highest BCUT2D eigenvalue weighted by Crippen LogP contribution is 2.20. The van der Waals surface area contributed by atoms with Crippen LogP contribution in [0.1, 0.15) is 20.3 Å². The molecule has 4 aliphatic rings. The lowest BCUT2D eigenvalue weighted by Crippen LogP contribution is -2.71. The summed E-state index contributed by atoms with van der Waals surface area (Å²) in [7, 11) is 0. The van der Waals surface area contributed by atoms with Gasteiger partial charge in [-0.2, -0.15) is 0 Å². The molecule has 0 unspecified atom stereocenters. The Bertz CT molecular complexity index is 117. The third kappa shape index (κ3) is 3.37. The lowest BCUT2D eigenvalue weighted by Gasteiger charge is -2.56. The average Bonchev–Trinajstić information content (AvgIpc) is 2.01. The first kappa shape index (κ1) is 14.8. The predicted octanol–water partition coefficient (Wildman–Crippen LogP) is 0.721. The number of nitrogens with zero attached hydrogens (tertiary/aromatic N) is 4. The molecule has 6 nitrogen and oxygen atoms in total. The summed E-state index contributed by atoms with van der Waals surface area (Å²) in [6, 6.07) is 0. The van der Waals surface area contributed by atoms with Gasteiger partial charge < -0.3 is 12.3 Å². The van der Waals surface area contributed by atoms with E-state index in [1.165, 1.54) is 46.4 Å². The van der Waals surface area contributed by atoms with Crippen LogP contribution in [-0.4, -0.2) is 59.6 Å². The van der Waals surface area contributed by atoms with Crippen molar-refractivity contribution >= 4 is 0 Å². The Morgan fingerprint density at radius 2 is 0.733 bits per heavy atom. The second kappa shape index (κ2) is 6.37. The van der Waals surface area contributed by atoms with Crippen LogP contribution in [0.25, 0.3) is 0 Å². The van der Waals surface area contributed by atoms with Gasteiger partial charge in [0.05, 0.1) is 40.0 Å². The van der Waals surface area contributed by atoms with E-state index in [1.807, 2.05) is 0 Å². The van der Waals surface area contributed by atoms with Crippen molar-refractivity contribution in [1.29, 1.82) is 0 Å². The van der Waals surface area contributed by atoms with Crippen LogP contribution >= 0.6 is 0 Å². The van der Waals surface area contributed by atoms with E-state index in [0.717, 1.165) is 0 Å². The molecule has 4 saturated heterocycles. The zero-order valence-corrected chi connectivity index (χ0v) is 10.2. The van der Waals surface area contributed by atoms with Gasteiger partial charge in [-0.25, -0.2) is 0 Å². The summed E-state index contributed by atoms with van der Waals surface area (Å²) in [6.45, 7) is 11.4. The molecule has 0 amide bonds. The third-order valence-corrected chi connectivity index (χ3v) is 2.40. The molecule has 15 heavy (non-hydrogen) atoms. The first-order valence-corrected chi connectivity index (χ1v) is 5.21. The van der Waals surface area contributed by atoms with E-state index in [0.29, 0.717) is 0 Å². The van der Waals surface area contributed by atoms with Gasteiger partial charge in [0.25, 0.3) is 0 Å². The van der Waals surface area contributed by atoms with Crippen LogP contribution in [0, 0.1) is 0 Å². The summed E-state index contributed by atoms with van der Waals surface area (Å²) in [5.41, 5.74) is 0. The fourth-order valence-corrected chi connectivity index (χ4v) is 2.23. The highest BCUT2D eigenvalue weighted by Gasteiger charge is 2.36. The molecule has 6 N–H and O–H groups in total. The van der Waals surface area contributed by atoms with Crippen LogP contribution in [-0.2, 0) is 0 Å². The summed E-state index contributed by atoms with van der Waals surface area (Å²) in [4.78, 5) is 9.88. The first-order chi connectivity index (χ1) is 6.31. The Morgan fingerprint density at radius 3 is 0.867 bits per heavy atom. The molecular formula is C9H26N6. The van der Waals surface area contributed by atoms with Crippen molar-refractivity contribution in [2.24, 2.45) is 0 Å². The van der Waals surface area contributed by atoms with Gasteiger partial charge in [0.1, 0.15) is 0 Å². The van der Waals surface area contributed by atoms with E-state index in [4.69, 9.17) is 0 Å².